The van der Waals surface area contributed by atoms with E-state index < -0.39 is 0 Å². The van der Waals surface area contributed by atoms with E-state index in [9.17, 15) is 4.79 Å². The van der Waals surface area contributed by atoms with Crippen molar-refractivity contribution in [1.29, 1.82) is 0 Å². The van der Waals surface area contributed by atoms with Crippen molar-refractivity contribution in [3.05, 3.63) is 65.4 Å². The van der Waals surface area contributed by atoms with Gasteiger partial charge in [-0.05, 0) is 44.0 Å². The molecule has 128 valence electrons. The molecular weight excluding hydrogens is 316 g/mol. The molecule has 0 bridgehead atoms. The molecule has 6 nitrogen and oxygen atoms in total. The second-order valence-electron chi connectivity index (χ2n) is 5.83. The van der Waals surface area contributed by atoms with Crippen molar-refractivity contribution in [3.8, 4) is 11.3 Å². The lowest BCUT2D eigenvalue weighted by atomic mass is 10.1. The van der Waals surface area contributed by atoms with E-state index >= 15 is 0 Å². The summed E-state index contributed by atoms with van der Waals surface area (Å²) in [6, 6.07) is 7.66. The number of amides is 1. The fourth-order valence-corrected chi connectivity index (χ4v) is 2.73. The maximum absolute atomic E-state index is 12.2. The predicted octanol–water partition coefficient (Wildman–Crippen LogP) is 3.00. The Hall–Kier alpha value is -3.02. The number of hydrogen-bond acceptors (Lipinski definition) is 5. The molecular formula is C19H20N4O2. The van der Waals surface area contributed by atoms with Crippen molar-refractivity contribution in [1.82, 2.24) is 20.4 Å². The third kappa shape index (κ3) is 4.09. The minimum atomic E-state index is -0.00969. The number of nitrogens with one attached hydrogen (secondary N) is 1. The van der Waals surface area contributed by atoms with Crippen LogP contribution in [0.2, 0.25) is 0 Å². The predicted molar refractivity (Wildman–Crippen MR) is 93.6 cm³/mol. The first-order valence-electron chi connectivity index (χ1n) is 8.18. The van der Waals surface area contributed by atoms with Gasteiger partial charge in [0.05, 0.1) is 11.4 Å². The summed E-state index contributed by atoms with van der Waals surface area (Å²) in [7, 11) is 0. The zero-order valence-electron chi connectivity index (χ0n) is 14.3. The molecule has 0 aromatic carbocycles. The minimum absolute atomic E-state index is 0.00969. The smallest absolute Gasteiger partial charge is 0.220 e. The van der Waals surface area contributed by atoms with Crippen LogP contribution in [0.3, 0.4) is 0 Å². The maximum atomic E-state index is 12.2. The van der Waals surface area contributed by atoms with Gasteiger partial charge in [-0.2, -0.15) is 0 Å². The Bertz CT molecular complexity index is 839. The Morgan fingerprint density at radius 3 is 2.68 bits per heavy atom. The van der Waals surface area contributed by atoms with E-state index in [1.54, 1.807) is 18.6 Å². The average molecular weight is 336 g/mol. The third-order valence-corrected chi connectivity index (χ3v) is 4.10. The van der Waals surface area contributed by atoms with E-state index in [4.69, 9.17) is 4.52 Å². The fraction of sp³-hybridized carbons (Fsp3) is 0.263. The summed E-state index contributed by atoms with van der Waals surface area (Å²) in [6.45, 7) is 4.19. The summed E-state index contributed by atoms with van der Waals surface area (Å²) in [6.07, 6.45) is 6.23. The first-order chi connectivity index (χ1) is 12.1. The zero-order valence-corrected chi connectivity index (χ0v) is 14.3. The summed E-state index contributed by atoms with van der Waals surface area (Å²) < 4.78 is 5.13. The summed E-state index contributed by atoms with van der Waals surface area (Å²) in [4.78, 5) is 20.7. The average Bonchev–Trinajstić information content (AvgIpc) is 2.97. The van der Waals surface area contributed by atoms with E-state index in [0.717, 1.165) is 33.8 Å². The lowest BCUT2D eigenvalue weighted by Crippen LogP contribution is -2.23. The first-order valence-corrected chi connectivity index (χ1v) is 8.18. The number of nitrogens with zero attached hydrogens (tertiary/aromatic N) is 3. The molecule has 3 aromatic rings. The standard InChI is InChI=1S/C19H20N4O2/c1-13-17(14(2)25-23-13)5-6-18(24)22-12-16-4-3-9-21-19(16)15-7-10-20-11-8-15/h3-4,7-11H,5-6,12H2,1-2H3,(H,22,24). The van der Waals surface area contributed by atoms with Crippen LogP contribution in [0.25, 0.3) is 11.3 Å². The van der Waals surface area contributed by atoms with Crippen LogP contribution in [-0.4, -0.2) is 21.0 Å². The number of carbonyl (C=O) groups excluding carboxylic acids is 1. The highest BCUT2D eigenvalue weighted by molar-refractivity contribution is 5.76. The van der Waals surface area contributed by atoms with Crippen molar-refractivity contribution < 1.29 is 9.32 Å². The SMILES string of the molecule is Cc1noc(C)c1CCC(=O)NCc1cccnc1-c1ccncc1. The number of rotatable bonds is 6. The molecule has 3 aromatic heterocycles. The van der Waals surface area contributed by atoms with Crippen LogP contribution in [0.15, 0.2) is 47.4 Å². The van der Waals surface area contributed by atoms with Crippen LogP contribution in [0.5, 0.6) is 0 Å². The largest absolute Gasteiger partial charge is 0.361 e. The number of hydrogen-bond donors (Lipinski definition) is 1. The van der Waals surface area contributed by atoms with Crippen LogP contribution in [0.1, 0.15) is 29.0 Å². The Morgan fingerprint density at radius 1 is 1.16 bits per heavy atom. The molecule has 0 spiro atoms. The number of carbonyl (C=O) groups is 1. The normalized spacial score (nSPS) is 10.6. The number of aryl methyl sites for hydroxylation is 2. The molecule has 0 aliphatic carbocycles. The molecule has 0 saturated carbocycles. The first kappa shape index (κ1) is 16.8. The van der Waals surface area contributed by atoms with E-state index in [2.05, 4.69) is 20.4 Å². The lowest BCUT2D eigenvalue weighted by molar-refractivity contribution is -0.121. The molecule has 1 N–H and O–H groups in total. The van der Waals surface area contributed by atoms with E-state index in [1.807, 2.05) is 38.1 Å². The zero-order chi connectivity index (χ0) is 17.6. The lowest BCUT2D eigenvalue weighted by Gasteiger charge is -2.10. The molecule has 3 heterocycles. The molecule has 1 amide bonds. The highest BCUT2D eigenvalue weighted by atomic mass is 16.5. The van der Waals surface area contributed by atoms with E-state index in [-0.39, 0.29) is 5.91 Å². The van der Waals surface area contributed by atoms with Crippen molar-refractivity contribution in [3.63, 3.8) is 0 Å². The summed E-state index contributed by atoms with van der Waals surface area (Å²) in [5.74, 6) is 0.766. The molecule has 0 fully saturated rings. The van der Waals surface area contributed by atoms with Crippen molar-refractivity contribution >= 4 is 5.91 Å². The van der Waals surface area contributed by atoms with Gasteiger partial charge in [0.1, 0.15) is 5.76 Å². The summed E-state index contributed by atoms with van der Waals surface area (Å²) in [5, 5.41) is 6.88. The molecule has 6 heteroatoms. The van der Waals surface area contributed by atoms with Gasteiger partial charge in [-0.1, -0.05) is 11.2 Å². The summed E-state index contributed by atoms with van der Waals surface area (Å²) >= 11 is 0. The molecule has 3 rings (SSSR count). The second-order valence-corrected chi connectivity index (χ2v) is 5.83. The van der Waals surface area contributed by atoms with Gasteiger partial charge in [0.25, 0.3) is 0 Å². The maximum Gasteiger partial charge on any atom is 0.220 e. The van der Waals surface area contributed by atoms with Gasteiger partial charge in [-0.3, -0.25) is 14.8 Å². The number of aromatic nitrogens is 3. The second kappa shape index (κ2) is 7.70. The molecule has 0 radical (unpaired) electrons. The minimum Gasteiger partial charge on any atom is -0.361 e. The Kier molecular flexibility index (Phi) is 5.18. The van der Waals surface area contributed by atoms with Crippen LogP contribution in [-0.2, 0) is 17.8 Å². The van der Waals surface area contributed by atoms with E-state index in [1.165, 1.54) is 0 Å². The van der Waals surface area contributed by atoms with Crippen molar-refractivity contribution in [2.45, 2.75) is 33.2 Å². The molecule has 0 unspecified atom stereocenters. The van der Waals surface area contributed by atoms with Gasteiger partial charge < -0.3 is 9.84 Å². The Balaban J connectivity index is 1.61. The quantitative estimate of drug-likeness (QED) is 0.748. The highest BCUT2D eigenvalue weighted by Gasteiger charge is 2.12. The molecule has 0 aliphatic rings. The van der Waals surface area contributed by atoms with Gasteiger partial charge >= 0.3 is 0 Å². The van der Waals surface area contributed by atoms with Gasteiger partial charge in [0.15, 0.2) is 0 Å². The van der Waals surface area contributed by atoms with Crippen LogP contribution in [0, 0.1) is 13.8 Å². The molecule has 0 aliphatic heterocycles. The molecule has 25 heavy (non-hydrogen) atoms. The molecule has 0 atom stereocenters. The van der Waals surface area contributed by atoms with Crippen molar-refractivity contribution in [2.24, 2.45) is 0 Å². The van der Waals surface area contributed by atoms with Gasteiger partial charge in [-0.25, -0.2) is 0 Å². The van der Waals surface area contributed by atoms with E-state index in [0.29, 0.717) is 19.4 Å². The number of pyridine rings is 2. The van der Waals surface area contributed by atoms with Gasteiger partial charge in [-0.15, -0.1) is 0 Å². The van der Waals surface area contributed by atoms with Gasteiger partial charge in [0, 0.05) is 42.7 Å². The third-order valence-electron chi connectivity index (χ3n) is 4.10. The summed E-state index contributed by atoms with van der Waals surface area (Å²) in [5.41, 5.74) is 4.66. The van der Waals surface area contributed by atoms with Gasteiger partial charge in [0.2, 0.25) is 5.91 Å². The Labute approximate surface area is 146 Å². The molecule has 0 saturated heterocycles. The highest BCUT2D eigenvalue weighted by Crippen LogP contribution is 2.20. The topological polar surface area (TPSA) is 80.9 Å². The Morgan fingerprint density at radius 2 is 1.96 bits per heavy atom. The van der Waals surface area contributed by atoms with Crippen LogP contribution >= 0.6 is 0 Å². The monoisotopic (exact) mass is 336 g/mol. The fourth-order valence-electron chi connectivity index (χ4n) is 2.73. The van der Waals surface area contributed by atoms with Crippen molar-refractivity contribution in [2.75, 3.05) is 0 Å². The van der Waals surface area contributed by atoms with Crippen LogP contribution in [0.4, 0.5) is 0 Å². The van der Waals surface area contributed by atoms with Crippen LogP contribution < -0.4 is 5.32 Å².